The molecule has 0 bridgehead atoms. The Hall–Kier alpha value is -1.06. The average Bonchev–Trinajstić information content (AvgIpc) is 1.82. The minimum Gasteiger partial charge on any atom is -0.453 e. The number of ether oxygens (including phenoxy) is 1. The smallest absolute Gasteiger partial charge is 0.397 e. The van der Waals surface area contributed by atoms with Crippen molar-refractivity contribution in [2.45, 2.75) is 26.4 Å². The minimum atomic E-state index is -0.813. The van der Waals surface area contributed by atoms with Crippen LogP contribution < -0.4 is 0 Å². The molecular formula is C8H15NO3. The minimum absolute atomic E-state index is 0.608. The van der Waals surface area contributed by atoms with Gasteiger partial charge in [-0.3, -0.25) is 4.79 Å². The monoisotopic (exact) mass is 173 g/mol. The van der Waals surface area contributed by atoms with Crippen LogP contribution in [0, 0.1) is 0 Å². The van der Waals surface area contributed by atoms with Crippen LogP contribution in [-0.4, -0.2) is 36.5 Å². The zero-order valence-corrected chi connectivity index (χ0v) is 8.17. The Labute approximate surface area is 72.5 Å². The summed E-state index contributed by atoms with van der Waals surface area (Å²) in [5.41, 5.74) is -0.608. The van der Waals surface area contributed by atoms with Crippen LogP contribution in [0.3, 0.4) is 0 Å². The van der Waals surface area contributed by atoms with Gasteiger partial charge in [0, 0.05) is 14.1 Å². The first-order valence-corrected chi connectivity index (χ1v) is 3.68. The number of carbonyl (C=O) groups is 2. The van der Waals surface area contributed by atoms with E-state index in [9.17, 15) is 9.59 Å². The van der Waals surface area contributed by atoms with Crippen molar-refractivity contribution in [3.05, 3.63) is 0 Å². The van der Waals surface area contributed by atoms with E-state index in [2.05, 4.69) is 0 Å². The first-order chi connectivity index (χ1) is 5.24. The molecule has 0 aliphatic rings. The third-order valence-electron chi connectivity index (χ3n) is 0.980. The van der Waals surface area contributed by atoms with Crippen LogP contribution in [0.4, 0.5) is 0 Å². The third kappa shape index (κ3) is 3.95. The zero-order chi connectivity index (χ0) is 9.94. The predicted molar refractivity (Wildman–Crippen MR) is 44.5 cm³/mol. The summed E-state index contributed by atoms with van der Waals surface area (Å²) < 4.78 is 4.83. The fraction of sp³-hybridized carbons (Fsp3) is 0.750. The molecule has 0 fully saturated rings. The Morgan fingerprint density at radius 1 is 1.17 bits per heavy atom. The lowest BCUT2D eigenvalue weighted by atomic mass is 10.2. The number of carbonyl (C=O) groups excluding carboxylic acids is 2. The predicted octanol–water partition coefficient (Wildman–Crippen LogP) is 0.416. The molecule has 0 radical (unpaired) electrons. The van der Waals surface area contributed by atoms with Crippen molar-refractivity contribution in [3.63, 3.8) is 0 Å². The highest BCUT2D eigenvalue weighted by molar-refractivity contribution is 6.32. The molecule has 0 rings (SSSR count). The largest absolute Gasteiger partial charge is 0.453 e. The van der Waals surface area contributed by atoms with Gasteiger partial charge in [-0.15, -0.1) is 0 Å². The van der Waals surface area contributed by atoms with Gasteiger partial charge in [-0.1, -0.05) is 0 Å². The molecule has 0 atom stereocenters. The molecular weight excluding hydrogens is 158 g/mol. The Morgan fingerprint density at radius 3 is 1.83 bits per heavy atom. The molecule has 0 heterocycles. The first-order valence-electron chi connectivity index (χ1n) is 3.68. The molecule has 0 spiro atoms. The molecule has 4 nitrogen and oxygen atoms in total. The molecule has 1 amide bonds. The Balaban J connectivity index is 4.15. The maximum absolute atomic E-state index is 11.0. The molecule has 0 saturated carbocycles. The molecule has 70 valence electrons. The van der Waals surface area contributed by atoms with Crippen molar-refractivity contribution in [2.24, 2.45) is 0 Å². The standard InChI is InChI=1S/C8H15NO3/c1-8(2,3)12-7(11)6(10)9(4)5/h1-5H3. The second-order valence-corrected chi connectivity index (χ2v) is 3.70. The summed E-state index contributed by atoms with van der Waals surface area (Å²) in [6.07, 6.45) is 0. The molecule has 0 aromatic carbocycles. The van der Waals surface area contributed by atoms with Gasteiger partial charge in [0.05, 0.1) is 0 Å². The highest BCUT2D eigenvalue weighted by Gasteiger charge is 2.23. The van der Waals surface area contributed by atoms with E-state index in [1.165, 1.54) is 19.0 Å². The van der Waals surface area contributed by atoms with Crippen molar-refractivity contribution in [2.75, 3.05) is 14.1 Å². The van der Waals surface area contributed by atoms with Crippen LogP contribution in [0.1, 0.15) is 20.8 Å². The second kappa shape index (κ2) is 3.56. The van der Waals surface area contributed by atoms with Gasteiger partial charge in [-0.05, 0) is 20.8 Å². The van der Waals surface area contributed by atoms with E-state index >= 15 is 0 Å². The lowest BCUT2D eigenvalue weighted by molar-refractivity contribution is -0.166. The third-order valence-corrected chi connectivity index (χ3v) is 0.980. The van der Waals surface area contributed by atoms with E-state index < -0.39 is 17.5 Å². The van der Waals surface area contributed by atoms with Crippen LogP contribution in [0.15, 0.2) is 0 Å². The average molecular weight is 173 g/mol. The molecule has 0 aliphatic heterocycles. The number of nitrogens with zero attached hydrogens (tertiary/aromatic N) is 1. The van der Waals surface area contributed by atoms with E-state index in [4.69, 9.17) is 4.74 Å². The van der Waals surface area contributed by atoms with E-state index in [1.54, 1.807) is 20.8 Å². The summed E-state index contributed by atoms with van der Waals surface area (Å²) >= 11 is 0. The van der Waals surface area contributed by atoms with Gasteiger partial charge in [0.1, 0.15) is 5.60 Å². The summed E-state index contributed by atoms with van der Waals surface area (Å²) in [5, 5.41) is 0. The number of hydrogen-bond acceptors (Lipinski definition) is 3. The number of amides is 1. The SMILES string of the molecule is CN(C)C(=O)C(=O)OC(C)(C)C. The van der Waals surface area contributed by atoms with Gasteiger partial charge in [0.2, 0.25) is 0 Å². The lowest BCUT2D eigenvalue weighted by Crippen LogP contribution is -2.36. The molecule has 0 aliphatic carbocycles. The maximum atomic E-state index is 11.0. The molecule has 0 saturated heterocycles. The van der Waals surface area contributed by atoms with Crippen molar-refractivity contribution in [1.29, 1.82) is 0 Å². The summed E-state index contributed by atoms with van der Waals surface area (Å²) in [5.74, 6) is -1.45. The van der Waals surface area contributed by atoms with Gasteiger partial charge in [0.25, 0.3) is 0 Å². The Bertz CT molecular complexity index is 191. The van der Waals surface area contributed by atoms with E-state index in [0.717, 1.165) is 0 Å². The molecule has 12 heavy (non-hydrogen) atoms. The van der Waals surface area contributed by atoms with Crippen molar-refractivity contribution in [3.8, 4) is 0 Å². The summed E-state index contributed by atoms with van der Waals surface area (Å²) in [6, 6.07) is 0. The lowest BCUT2D eigenvalue weighted by Gasteiger charge is -2.20. The van der Waals surface area contributed by atoms with Gasteiger partial charge in [0.15, 0.2) is 0 Å². The Morgan fingerprint density at radius 2 is 1.58 bits per heavy atom. The molecule has 0 unspecified atom stereocenters. The number of likely N-dealkylation sites (N-methyl/N-ethyl adjacent to an activating group) is 1. The van der Waals surface area contributed by atoms with Gasteiger partial charge in [-0.2, -0.15) is 0 Å². The van der Waals surface area contributed by atoms with Crippen LogP contribution >= 0.6 is 0 Å². The topological polar surface area (TPSA) is 46.6 Å². The molecule has 0 N–H and O–H groups in total. The highest BCUT2D eigenvalue weighted by Crippen LogP contribution is 2.07. The van der Waals surface area contributed by atoms with Crippen LogP contribution in [0.25, 0.3) is 0 Å². The van der Waals surface area contributed by atoms with E-state index in [-0.39, 0.29) is 0 Å². The van der Waals surface area contributed by atoms with Gasteiger partial charge >= 0.3 is 11.9 Å². The summed E-state index contributed by atoms with van der Waals surface area (Å²) in [7, 11) is 3.01. The zero-order valence-electron chi connectivity index (χ0n) is 8.17. The normalized spacial score (nSPS) is 10.8. The van der Waals surface area contributed by atoms with Gasteiger partial charge in [-0.25, -0.2) is 4.79 Å². The number of esters is 1. The maximum Gasteiger partial charge on any atom is 0.397 e. The molecule has 4 heteroatoms. The van der Waals surface area contributed by atoms with Crippen LogP contribution in [-0.2, 0) is 14.3 Å². The second-order valence-electron chi connectivity index (χ2n) is 3.70. The number of rotatable bonds is 0. The Kier molecular flexibility index (Phi) is 3.24. The number of hydrogen-bond donors (Lipinski definition) is 0. The van der Waals surface area contributed by atoms with Crippen molar-refractivity contribution >= 4 is 11.9 Å². The van der Waals surface area contributed by atoms with Crippen LogP contribution in [0.2, 0.25) is 0 Å². The molecule has 0 aromatic rings. The van der Waals surface area contributed by atoms with E-state index in [1.807, 2.05) is 0 Å². The highest BCUT2D eigenvalue weighted by atomic mass is 16.6. The summed E-state index contributed by atoms with van der Waals surface area (Å²) in [6.45, 7) is 5.15. The first kappa shape index (κ1) is 10.9. The van der Waals surface area contributed by atoms with Gasteiger partial charge < -0.3 is 9.64 Å². The fourth-order valence-corrected chi connectivity index (χ4v) is 0.504. The quantitative estimate of drug-likeness (QED) is 0.394. The van der Waals surface area contributed by atoms with Crippen LogP contribution in [0.5, 0.6) is 0 Å². The van der Waals surface area contributed by atoms with Crippen molar-refractivity contribution < 1.29 is 14.3 Å². The fourth-order valence-electron chi connectivity index (χ4n) is 0.504. The molecule has 0 aromatic heterocycles. The summed E-state index contributed by atoms with van der Waals surface area (Å²) in [4.78, 5) is 23.1. The van der Waals surface area contributed by atoms with Crippen molar-refractivity contribution in [1.82, 2.24) is 4.90 Å². The van der Waals surface area contributed by atoms with E-state index in [0.29, 0.717) is 0 Å².